The number of aromatic carboxylic acids is 1. The fourth-order valence-corrected chi connectivity index (χ4v) is 1.86. The number of rotatable bonds is 8. The second-order valence-electron chi connectivity index (χ2n) is 5.13. The zero-order chi connectivity index (χ0) is 15.1. The highest BCUT2D eigenvalue weighted by Gasteiger charge is 2.18. The summed E-state index contributed by atoms with van der Waals surface area (Å²) in [6, 6.07) is 0. The van der Waals surface area contributed by atoms with Crippen molar-refractivity contribution in [2.75, 3.05) is 25.1 Å². The smallest absolute Gasteiger partial charge is 0.356 e. The van der Waals surface area contributed by atoms with E-state index >= 15 is 0 Å². The van der Waals surface area contributed by atoms with Gasteiger partial charge in [-0.15, -0.1) is 0 Å². The van der Waals surface area contributed by atoms with Gasteiger partial charge in [0.15, 0.2) is 5.69 Å². The summed E-state index contributed by atoms with van der Waals surface area (Å²) in [6.45, 7) is 4.76. The first-order valence-electron chi connectivity index (χ1n) is 6.89. The lowest BCUT2D eigenvalue weighted by Crippen LogP contribution is -2.23. The molecule has 1 heterocycles. The Bertz CT molecular complexity index is 449. The molecule has 0 bridgehead atoms. The van der Waals surface area contributed by atoms with Crippen molar-refractivity contribution in [3.05, 3.63) is 17.7 Å². The highest BCUT2D eigenvalue weighted by molar-refractivity contribution is 5.91. The molecule has 0 fully saturated rings. The number of aromatic nitrogens is 2. The van der Waals surface area contributed by atoms with Gasteiger partial charge in [-0.2, -0.15) is 0 Å². The summed E-state index contributed by atoms with van der Waals surface area (Å²) in [5, 5.41) is 18.0. The molecule has 0 amide bonds. The molecule has 6 nitrogen and oxygen atoms in total. The highest BCUT2D eigenvalue weighted by atomic mass is 16.4. The molecule has 1 rings (SSSR count). The average molecular weight is 281 g/mol. The number of nitrogens with zero attached hydrogens (tertiary/aromatic N) is 3. The zero-order valence-corrected chi connectivity index (χ0v) is 12.3. The van der Waals surface area contributed by atoms with Crippen LogP contribution in [0.1, 0.15) is 55.3 Å². The van der Waals surface area contributed by atoms with Gasteiger partial charge in [0, 0.05) is 26.1 Å². The van der Waals surface area contributed by atoms with Crippen LogP contribution in [-0.4, -0.2) is 46.3 Å². The van der Waals surface area contributed by atoms with Crippen molar-refractivity contribution in [1.29, 1.82) is 0 Å². The molecule has 0 aliphatic rings. The molecule has 0 unspecified atom stereocenters. The summed E-state index contributed by atoms with van der Waals surface area (Å²) >= 11 is 0. The summed E-state index contributed by atoms with van der Waals surface area (Å²) in [7, 11) is 1.83. The fraction of sp³-hybridized carbons (Fsp3) is 0.643. The van der Waals surface area contributed by atoms with E-state index in [4.69, 9.17) is 5.11 Å². The number of hydrogen-bond acceptors (Lipinski definition) is 5. The minimum atomic E-state index is -1.04. The molecule has 20 heavy (non-hydrogen) atoms. The molecule has 0 saturated heterocycles. The highest BCUT2D eigenvalue weighted by Crippen LogP contribution is 2.20. The van der Waals surface area contributed by atoms with E-state index in [2.05, 4.69) is 9.97 Å². The molecule has 0 radical (unpaired) electrons. The van der Waals surface area contributed by atoms with E-state index in [1.807, 2.05) is 25.8 Å². The molecule has 0 atom stereocenters. The lowest BCUT2D eigenvalue weighted by molar-refractivity contribution is 0.0690. The van der Waals surface area contributed by atoms with Crippen LogP contribution in [0.4, 0.5) is 5.69 Å². The van der Waals surface area contributed by atoms with Crippen LogP contribution in [0.3, 0.4) is 0 Å². The van der Waals surface area contributed by atoms with Crippen molar-refractivity contribution in [3.63, 3.8) is 0 Å². The number of carboxylic acids is 1. The lowest BCUT2D eigenvalue weighted by Gasteiger charge is -2.20. The Morgan fingerprint density at radius 2 is 2.05 bits per heavy atom. The Kier molecular flexibility index (Phi) is 6.38. The van der Waals surface area contributed by atoms with Gasteiger partial charge in [-0.3, -0.25) is 0 Å². The third-order valence-corrected chi connectivity index (χ3v) is 3.07. The molecule has 0 aliphatic heterocycles. The second kappa shape index (κ2) is 7.79. The Morgan fingerprint density at radius 1 is 1.35 bits per heavy atom. The van der Waals surface area contributed by atoms with Crippen molar-refractivity contribution in [2.24, 2.45) is 0 Å². The van der Waals surface area contributed by atoms with Crippen LogP contribution < -0.4 is 4.90 Å². The standard InChI is InChI=1S/C14H23N3O3/c1-10(2)13-15-9-11(12(16-13)14(19)20)17(3)7-5-4-6-8-18/h9-10,18H,4-8H2,1-3H3,(H,19,20). The summed E-state index contributed by atoms with van der Waals surface area (Å²) in [5.41, 5.74) is 0.583. The second-order valence-corrected chi connectivity index (χ2v) is 5.13. The maximum Gasteiger partial charge on any atom is 0.356 e. The largest absolute Gasteiger partial charge is 0.476 e. The molecule has 0 saturated carbocycles. The Hall–Kier alpha value is -1.69. The van der Waals surface area contributed by atoms with E-state index in [1.165, 1.54) is 0 Å². The zero-order valence-electron chi connectivity index (χ0n) is 12.3. The van der Waals surface area contributed by atoms with Crippen LogP contribution in [0.2, 0.25) is 0 Å². The fourth-order valence-electron chi connectivity index (χ4n) is 1.86. The first-order chi connectivity index (χ1) is 9.47. The predicted molar refractivity (Wildman–Crippen MR) is 77.3 cm³/mol. The quantitative estimate of drug-likeness (QED) is 0.708. The normalized spacial score (nSPS) is 10.8. The van der Waals surface area contributed by atoms with Crippen molar-refractivity contribution in [2.45, 2.75) is 39.0 Å². The van der Waals surface area contributed by atoms with E-state index in [-0.39, 0.29) is 18.2 Å². The summed E-state index contributed by atoms with van der Waals surface area (Å²) in [6.07, 6.45) is 4.15. The SMILES string of the molecule is CC(C)c1ncc(N(C)CCCCCO)c(C(=O)O)n1. The van der Waals surface area contributed by atoms with E-state index in [9.17, 15) is 9.90 Å². The van der Waals surface area contributed by atoms with Crippen molar-refractivity contribution in [3.8, 4) is 0 Å². The van der Waals surface area contributed by atoms with Gasteiger partial charge in [0.1, 0.15) is 5.82 Å². The van der Waals surface area contributed by atoms with Gasteiger partial charge in [-0.05, 0) is 19.3 Å². The number of aliphatic hydroxyl groups is 1. The lowest BCUT2D eigenvalue weighted by atomic mass is 10.2. The Balaban J connectivity index is 2.84. The summed E-state index contributed by atoms with van der Waals surface area (Å²) in [4.78, 5) is 21.6. The van der Waals surface area contributed by atoms with Crippen LogP contribution in [0.5, 0.6) is 0 Å². The third kappa shape index (κ3) is 4.45. The van der Waals surface area contributed by atoms with Gasteiger partial charge in [0.2, 0.25) is 0 Å². The van der Waals surface area contributed by atoms with E-state index in [1.54, 1.807) is 6.20 Å². The van der Waals surface area contributed by atoms with Crippen LogP contribution in [0.25, 0.3) is 0 Å². The van der Waals surface area contributed by atoms with E-state index < -0.39 is 5.97 Å². The molecule has 1 aromatic heterocycles. The number of unbranched alkanes of at least 4 members (excludes halogenated alkanes) is 2. The molecular weight excluding hydrogens is 258 g/mol. The van der Waals surface area contributed by atoms with E-state index in [0.29, 0.717) is 18.1 Å². The van der Waals surface area contributed by atoms with Crippen LogP contribution in [0.15, 0.2) is 6.20 Å². The molecule has 1 aromatic rings. The molecule has 112 valence electrons. The first-order valence-corrected chi connectivity index (χ1v) is 6.89. The maximum atomic E-state index is 11.3. The van der Waals surface area contributed by atoms with Gasteiger partial charge in [-0.1, -0.05) is 13.8 Å². The van der Waals surface area contributed by atoms with Crippen molar-refractivity contribution < 1.29 is 15.0 Å². The molecule has 0 aliphatic carbocycles. The van der Waals surface area contributed by atoms with Gasteiger partial charge >= 0.3 is 5.97 Å². The average Bonchev–Trinajstić information content (AvgIpc) is 2.42. The number of aliphatic hydroxyl groups excluding tert-OH is 1. The predicted octanol–water partition coefficient (Wildman–Crippen LogP) is 1.90. The van der Waals surface area contributed by atoms with Crippen LogP contribution in [0, 0.1) is 0 Å². The van der Waals surface area contributed by atoms with Gasteiger partial charge in [0.05, 0.1) is 11.9 Å². The Labute approximate surface area is 119 Å². The topological polar surface area (TPSA) is 86.5 Å². The van der Waals surface area contributed by atoms with Gasteiger partial charge in [0.25, 0.3) is 0 Å². The molecule has 6 heteroatoms. The Morgan fingerprint density at radius 3 is 2.60 bits per heavy atom. The van der Waals surface area contributed by atoms with Gasteiger partial charge < -0.3 is 15.1 Å². The molecule has 0 aromatic carbocycles. The third-order valence-electron chi connectivity index (χ3n) is 3.07. The minimum absolute atomic E-state index is 0.0494. The first kappa shape index (κ1) is 16.4. The van der Waals surface area contributed by atoms with Crippen LogP contribution >= 0.6 is 0 Å². The van der Waals surface area contributed by atoms with Crippen molar-refractivity contribution >= 4 is 11.7 Å². The van der Waals surface area contributed by atoms with Crippen LogP contribution in [-0.2, 0) is 0 Å². The number of anilines is 1. The monoisotopic (exact) mass is 281 g/mol. The molecular formula is C14H23N3O3. The van der Waals surface area contributed by atoms with E-state index in [0.717, 1.165) is 19.3 Å². The number of carbonyl (C=O) groups is 1. The minimum Gasteiger partial charge on any atom is -0.476 e. The molecule has 0 spiro atoms. The summed E-state index contributed by atoms with van der Waals surface area (Å²) < 4.78 is 0. The maximum absolute atomic E-state index is 11.3. The number of hydrogen-bond donors (Lipinski definition) is 2. The van der Waals surface area contributed by atoms with Crippen molar-refractivity contribution in [1.82, 2.24) is 9.97 Å². The summed E-state index contributed by atoms with van der Waals surface area (Å²) in [5.74, 6) is -0.400. The molecule has 2 N–H and O–H groups in total. The van der Waals surface area contributed by atoms with Gasteiger partial charge in [-0.25, -0.2) is 14.8 Å². The number of carboxylic acid groups (broad SMARTS) is 1.